The van der Waals surface area contributed by atoms with Crippen molar-refractivity contribution in [1.82, 2.24) is 4.72 Å². The summed E-state index contributed by atoms with van der Waals surface area (Å²) in [6.07, 6.45) is 2.49. The summed E-state index contributed by atoms with van der Waals surface area (Å²) in [6, 6.07) is 4.04. The molecular formula is C13H19ClN2O3S. The smallest absolute Gasteiger partial charge is 0.240 e. The summed E-state index contributed by atoms with van der Waals surface area (Å²) in [4.78, 5) is 0.0949. The lowest BCUT2D eigenvalue weighted by molar-refractivity contribution is 0.101. The van der Waals surface area contributed by atoms with Crippen molar-refractivity contribution < 1.29 is 13.5 Å². The molecule has 1 aromatic rings. The molecule has 1 aromatic carbocycles. The number of halogens is 1. The van der Waals surface area contributed by atoms with Gasteiger partial charge in [-0.1, -0.05) is 30.5 Å². The van der Waals surface area contributed by atoms with Crippen LogP contribution in [0.4, 0.5) is 0 Å². The van der Waals surface area contributed by atoms with E-state index in [0.717, 1.165) is 12.8 Å². The number of aliphatic hydroxyl groups excluding tert-OH is 1. The molecule has 2 rings (SSSR count). The molecule has 1 saturated carbocycles. The lowest BCUT2D eigenvalue weighted by Crippen LogP contribution is -2.44. The quantitative estimate of drug-likeness (QED) is 0.782. The largest absolute Gasteiger partial charge is 0.391 e. The SMILES string of the molecule is NCc1ccc(S(=O)(=O)NC2CCCCC2O)cc1Cl. The summed E-state index contributed by atoms with van der Waals surface area (Å²) < 4.78 is 27.1. The predicted octanol–water partition coefficient (Wildman–Crippen LogP) is 1.38. The predicted molar refractivity (Wildman–Crippen MR) is 77.9 cm³/mol. The molecule has 1 fully saturated rings. The summed E-state index contributed by atoms with van der Waals surface area (Å²) in [5.74, 6) is 0. The van der Waals surface area contributed by atoms with Gasteiger partial charge < -0.3 is 10.8 Å². The van der Waals surface area contributed by atoms with E-state index in [4.69, 9.17) is 17.3 Å². The molecule has 4 N–H and O–H groups in total. The van der Waals surface area contributed by atoms with E-state index in [0.29, 0.717) is 23.4 Å². The van der Waals surface area contributed by atoms with Crippen LogP contribution >= 0.6 is 11.6 Å². The van der Waals surface area contributed by atoms with Crippen LogP contribution < -0.4 is 10.5 Å². The lowest BCUT2D eigenvalue weighted by Gasteiger charge is -2.28. The second-order valence-corrected chi connectivity index (χ2v) is 7.16. The van der Waals surface area contributed by atoms with Crippen LogP contribution in [0.25, 0.3) is 0 Å². The molecule has 0 aliphatic heterocycles. The average Bonchev–Trinajstić information content (AvgIpc) is 2.41. The van der Waals surface area contributed by atoms with Crippen LogP contribution in [0.2, 0.25) is 5.02 Å². The first kappa shape index (κ1) is 15.7. The van der Waals surface area contributed by atoms with Crippen LogP contribution in [0.15, 0.2) is 23.1 Å². The minimum Gasteiger partial charge on any atom is -0.391 e. The van der Waals surface area contributed by atoms with Crippen molar-refractivity contribution in [3.8, 4) is 0 Å². The molecule has 0 bridgehead atoms. The Kier molecular flexibility index (Phi) is 5.04. The van der Waals surface area contributed by atoms with Crippen molar-refractivity contribution in [2.45, 2.75) is 49.3 Å². The molecule has 7 heteroatoms. The Labute approximate surface area is 124 Å². The van der Waals surface area contributed by atoms with E-state index in [2.05, 4.69) is 4.72 Å². The van der Waals surface area contributed by atoms with Gasteiger partial charge in [-0.3, -0.25) is 0 Å². The molecule has 0 aromatic heterocycles. The van der Waals surface area contributed by atoms with Gasteiger partial charge in [-0.25, -0.2) is 13.1 Å². The van der Waals surface area contributed by atoms with Crippen molar-refractivity contribution in [3.63, 3.8) is 0 Å². The standard InChI is InChI=1S/C13H19ClN2O3S/c14-11-7-10(6-5-9(11)8-15)20(18,19)16-12-3-1-2-4-13(12)17/h5-7,12-13,16-17H,1-4,8,15H2. The van der Waals surface area contributed by atoms with E-state index in [9.17, 15) is 13.5 Å². The zero-order valence-electron chi connectivity index (χ0n) is 11.0. The average molecular weight is 319 g/mol. The molecule has 0 radical (unpaired) electrons. The van der Waals surface area contributed by atoms with E-state index in [1.807, 2.05) is 0 Å². The van der Waals surface area contributed by atoms with Gasteiger partial charge in [0.15, 0.2) is 0 Å². The van der Waals surface area contributed by atoms with E-state index < -0.39 is 22.2 Å². The summed E-state index contributed by atoms with van der Waals surface area (Å²) >= 11 is 5.99. The number of rotatable bonds is 4. The van der Waals surface area contributed by atoms with Gasteiger partial charge in [0.25, 0.3) is 0 Å². The Morgan fingerprint density at radius 1 is 1.35 bits per heavy atom. The van der Waals surface area contributed by atoms with Gasteiger partial charge in [0.2, 0.25) is 10.0 Å². The Hall–Kier alpha value is -0.660. The van der Waals surface area contributed by atoms with Crippen molar-refractivity contribution in [3.05, 3.63) is 28.8 Å². The molecule has 0 amide bonds. The van der Waals surface area contributed by atoms with E-state index in [-0.39, 0.29) is 11.4 Å². The first-order valence-electron chi connectivity index (χ1n) is 6.63. The van der Waals surface area contributed by atoms with Crippen LogP contribution in [0.1, 0.15) is 31.2 Å². The number of nitrogens with two attached hydrogens (primary N) is 1. The van der Waals surface area contributed by atoms with Crippen LogP contribution in [0, 0.1) is 0 Å². The fourth-order valence-electron chi connectivity index (χ4n) is 2.38. The summed E-state index contributed by atoms with van der Waals surface area (Å²) in [5.41, 5.74) is 6.19. The number of nitrogens with one attached hydrogen (secondary N) is 1. The zero-order valence-corrected chi connectivity index (χ0v) is 12.6. The molecule has 5 nitrogen and oxygen atoms in total. The molecule has 0 heterocycles. The van der Waals surface area contributed by atoms with Crippen LogP contribution in [0.3, 0.4) is 0 Å². The maximum absolute atomic E-state index is 12.3. The van der Waals surface area contributed by atoms with Crippen LogP contribution in [0.5, 0.6) is 0 Å². The third-order valence-electron chi connectivity index (χ3n) is 3.59. The number of hydrogen-bond donors (Lipinski definition) is 3. The zero-order chi connectivity index (χ0) is 14.8. The van der Waals surface area contributed by atoms with Gasteiger partial charge in [0.05, 0.1) is 11.0 Å². The Balaban J connectivity index is 2.19. The molecule has 112 valence electrons. The van der Waals surface area contributed by atoms with Gasteiger partial charge in [-0.15, -0.1) is 0 Å². The van der Waals surface area contributed by atoms with E-state index in [1.54, 1.807) is 6.07 Å². The molecule has 2 atom stereocenters. The second kappa shape index (κ2) is 6.41. The van der Waals surface area contributed by atoms with Gasteiger partial charge in [0.1, 0.15) is 0 Å². The van der Waals surface area contributed by atoms with E-state index in [1.165, 1.54) is 12.1 Å². The highest BCUT2D eigenvalue weighted by molar-refractivity contribution is 7.89. The molecule has 1 aliphatic rings. The lowest BCUT2D eigenvalue weighted by atomic mass is 9.93. The first-order chi connectivity index (χ1) is 9.44. The first-order valence-corrected chi connectivity index (χ1v) is 8.49. The molecule has 0 spiro atoms. The maximum Gasteiger partial charge on any atom is 0.240 e. The van der Waals surface area contributed by atoms with Gasteiger partial charge in [-0.2, -0.15) is 0 Å². The molecule has 20 heavy (non-hydrogen) atoms. The fraction of sp³-hybridized carbons (Fsp3) is 0.538. The summed E-state index contributed by atoms with van der Waals surface area (Å²) in [6.45, 7) is 0.258. The number of benzene rings is 1. The van der Waals surface area contributed by atoms with Gasteiger partial charge in [0, 0.05) is 17.6 Å². The van der Waals surface area contributed by atoms with Crippen LogP contribution in [-0.2, 0) is 16.6 Å². The molecular weight excluding hydrogens is 300 g/mol. The molecule has 2 unspecified atom stereocenters. The monoisotopic (exact) mass is 318 g/mol. The van der Waals surface area contributed by atoms with Gasteiger partial charge >= 0.3 is 0 Å². The Morgan fingerprint density at radius 3 is 2.65 bits per heavy atom. The van der Waals surface area contributed by atoms with Crippen LogP contribution in [-0.4, -0.2) is 25.7 Å². The van der Waals surface area contributed by atoms with Crippen molar-refractivity contribution >= 4 is 21.6 Å². The molecule has 0 saturated heterocycles. The number of aliphatic hydroxyl groups is 1. The minimum atomic E-state index is -3.68. The summed E-state index contributed by atoms with van der Waals surface area (Å²) in [5, 5.41) is 10.2. The Morgan fingerprint density at radius 2 is 2.05 bits per heavy atom. The van der Waals surface area contributed by atoms with E-state index >= 15 is 0 Å². The Bertz CT molecular complexity index is 577. The van der Waals surface area contributed by atoms with Crippen molar-refractivity contribution in [2.75, 3.05) is 0 Å². The number of hydrogen-bond acceptors (Lipinski definition) is 4. The third-order valence-corrected chi connectivity index (χ3v) is 5.43. The highest BCUT2D eigenvalue weighted by atomic mass is 35.5. The van der Waals surface area contributed by atoms with Crippen molar-refractivity contribution in [1.29, 1.82) is 0 Å². The third kappa shape index (κ3) is 3.51. The second-order valence-electron chi connectivity index (χ2n) is 5.04. The topological polar surface area (TPSA) is 92.4 Å². The fourth-order valence-corrected chi connectivity index (χ4v) is 4.03. The molecule has 1 aliphatic carbocycles. The van der Waals surface area contributed by atoms with Gasteiger partial charge in [-0.05, 0) is 30.5 Å². The number of sulfonamides is 1. The normalized spacial score (nSPS) is 23.8. The van der Waals surface area contributed by atoms with Crippen molar-refractivity contribution in [2.24, 2.45) is 5.73 Å². The summed E-state index contributed by atoms with van der Waals surface area (Å²) in [7, 11) is -3.68. The maximum atomic E-state index is 12.3. The highest BCUT2D eigenvalue weighted by Gasteiger charge is 2.28. The highest BCUT2D eigenvalue weighted by Crippen LogP contribution is 2.23. The minimum absolute atomic E-state index is 0.0949.